The van der Waals surface area contributed by atoms with E-state index < -0.39 is 15.6 Å². The molecule has 0 radical (unpaired) electrons. The Morgan fingerprint density at radius 3 is 2.65 bits per heavy atom. The monoisotopic (exact) mass is 294 g/mol. The van der Waals surface area contributed by atoms with Gasteiger partial charge in [0, 0.05) is 6.20 Å². The number of hydrogen-bond donors (Lipinski definition) is 2. The lowest BCUT2D eigenvalue weighted by Gasteiger charge is -2.25. The molecule has 3 aliphatic rings. The van der Waals surface area contributed by atoms with E-state index in [0.717, 1.165) is 43.2 Å². The number of hydrogen-bond acceptors (Lipinski definition) is 5. The summed E-state index contributed by atoms with van der Waals surface area (Å²) in [6.45, 7) is 0. The molecule has 3 saturated carbocycles. The molecule has 1 heterocycles. The lowest BCUT2D eigenvalue weighted by Crippen LogP contribution is -2.36. The maximum atomic E-state index is 11.9. The molecule has 3 N–H and O–H groups in total. The molecular weight excluding hydrogens is 276 g/mol. The molecule has 4 rings (SSSR count). The second-order valence-corrected chi connectivity index (χ2v) is 8.39. The summed E-state index contributed by atoms with van der Waals surface area (Å²) in [6, 6.07) is 1.81. The number of aromatic nitrogens is 2. The standard InChI is InChI=1S/C13H18N4O2S/c14-13(6-8-5-9(8)7-13)11-3-4-15-12(16-11)17-20(18,19)10-1-2-10/h3-4,8-10H,1-2,5-7,14H2,(H,15,16,17). The van der Waals surface area contributed by atoms with Gasteiger partial charge in [-0.25, -0.2) is 18.4 Å². The summed E-state index contributed by atoms with van der Waals surface area (Å²) >= 11 is 0. The van der Waals surface area contributed by atoms with Crippen molar-refractivity contribution in [3.05, 3.63) is 18.0 Å². The van der Waals surface area contributed by atoms with E-state index in [9.17, 15) is 8.42 Å². The Bertz CT molecular complexity index is 646. The molecule has 2 unspecified atom stereocenters. The van der Waals surface area contributed by atoms with E-state index in [1.807, 2.05) is 0 Å². The van der Waals surface area contributed by atoms with Crippen molar-refractivity contribution in [3.8, 4) is 0 Å². The van der Waals surface area contributed by atoms with Gasteiger partial charge in [0.15, 0.2) is 0 Å². The van der Waals surface area contributed by atoms with Gasteiger partial charge in [0.05, 0.1) is 16.5 Å². The van der Waals surface area contributed by atoms with Crippen LogP contribution in [0.5, 0.6) is 0 Å². The van der Waals surface area contributed by atoms with Crippen molar-refractivity contribution < 1.29 is 8.42 Å². The zero-order chi connectivity index (χ0) is 14.0. The van der Waals surface area contributed by atoms with Crippen LogP contribution in [0.3, 0.4) is 0 Å². The van der Waals surface area contributed by atoms with Crippen LogP contribution in [0.1, 0.15) is 37.8 Å². The summed E-state index contributed by atoms with van der Waals surface area (Å²) in [5.74, 6) is 1.63. The number of nitrogens with two attached hydrogens (primary N) is 1. The molecule has 0 aromatic carbocycles. The fourth-order valence-corrected chi connectivity index (χ4v) is 4.59. The van der Waals surface area contributed by atoms with Gasteiger partial charge < -0.3 is 5.73 Å². The number of nitrogens with zero attached hydrogens (tertiary/aromatic N) is 2. The van der Waals surface area contributed by atoms with E-state index in [1.54, 1.807) is 12.3 Å². The van der Waals surface area contributed by atoms with Crippen LogP contribution < -0.4 is 10.5 Å². The quantitative estimate of drug-likeness (QED) is 0.862. The predicted molar refractivity (Wildman–Crippen MR) is 74.3 cm³/mol. The highest BCUT2D eigenvalue weighted by molar-refractivity contribution is 7.93. The molecular formula is C13H18N4O2S. The number of rotatable bonds is 4. The Morgan fingerprint density at radius 2 is 2.00 bits per heavy atom. The van der Waals surface area contributed by atoms with Crippen molar-refractivity contribution in [2.24, 2.45) is 17.6 Å². The SMILES string of the molecule is NC1(c2ccnc(NS(=O)(=O)C3CC3)n2)CC2CC2C1. The summed E-state index contributed by atoms with van der Waals surface area (Å²) in [5, 5.41) is -0.277. The van der Waals surface area contributed by atoms with Crippen molar-refractivity contribution in [2.75, 3.05) is 4.72 Å². The molecule has 6 nitrogen and oxygen atoms in total. The number of sulfonamides is 1. The molecule has 20 heavy (non-hydrogen) atoms. The van der Waals surface area contributed by atoms with Gasteiger partial charge in [0.1, 0.15) is 0 Å². The van der Waals surface area contributed by atoms with Crippen LogP contribution in [0.4, 0.5) is 5.95 Å². The minimum Gasteiger partial charge on any atom is -0.320 e. The lowest BCUT2D eigenvalue weighted by atomic mass is 9.90. The average Bonchev–Trinajstić information content (AvgIpc) is 3.28. The van der Waals surface area contributed by atoms with Crippen LogP contribution in [-0.4, -0.2) is 23.6 Å². The first-order chi connectivity index (χ1) is 9.46. The predicted octanol–water partition coefficient (Wildman–Crippen LogP) is 0.965. The number of nitrogens with one attached hydrogen (secondary N) is 1. The van der Waals surface area contributed by atoms with E-state index in [1.165, 1.54) is 6.42 Å². The molecule has 0 bridgehead atoms. The van der Waals surface area contributed by atoms with E-state index in [4.69, 9.17) is 5.73 Å². The minimum atomic E-state index is -3.32. The molecule has 3 fully saturated rings. The highest BCUT2D eigenvalue weighted by Gasteiger charge is 2.53. The second kappa shape index (κ2) is 3.92. The van der Waals surface area contributed by atoms with E-state index >= 15 is 0 Å². The van der Waals surface area contributed by atoms with E-state index in [2.05, 4.69) is 14.7 Å². The molecule has 3 aliphatic carbocycles. The Balaban J connectivity index is 1.58. The van der Waals surface area contributed by atoms with Gasteiger partial charge in [0.2, 0.25) is 16.0 Å². The van der Waals surface area contributed by atoms with Crippen LogP contribution >= 0.6 is 0 Å². The third kappa shape index (κ3) is 2.09. The number of fused-ring (bicyclic) bond motifs is 1. The van der Waals surface area contributed by atoms with Gasteiger partial charge in [-0.15, -0.1) is 0 Å². The molecule has 1 aromatic heterocycles. The summed E-state index contributed by atoms with van der Waals surface area (Å²) in [6.07, 6.45) is 6.21. The summed E-state index contributed by atoms with van der Waals surface area (Å²) in [5.41, 5.74) is 6.79. The molecule has 0 amide bonds. The largest absolute Gasteiger partial charge is 0.320 e. The molecule has 7 heteroatoms. The van der Waals surface area contributed by atoms with Gasteiger partial charge in [-0.05, 0) is 50.0 Å². The fourth-order valence-electron chi connectivity index (χ4n) is 3.31. The maximum absolute atomic E-state index is 11.9. The zero-order valence-corrected chi connectivity index (χ0v) is 11.9. The maximum Gasteiger partial charge on any atom is 0.237 e. The van der Waals surface area contributed by atoms with Crippen LogP contribution in [0, 0.1) is 11.8 Å². The first kappa shape index (κ1) is 12.5. The molecule has 108 valence electrons. The summed E-state index contributed by atoms with van der Waals surface area (Å²) < 4.78 is 26.3. The van der Waals surface area contributed by atoms with Gasteiger partial charge in [-0.2, -0.15) is 0 Å². The van der Waals surface area contributed by atoms with Crippen molar-refractivity contribution >= 4 is 16.0 Å². The van der Waals surface area contributed by atoms with Crippen molar-refractivity contribution in [1.82, 2.24) is 9.97 Å². The van der Waals surface area contributed by atoms with Gasteiger partial charge in [-0.1, -0.05) is 0 Å². The zero-order valence-electron chi connectivity index (χ0n) is 11.1. The van der Waals surface area contributed by atoms with E-state index in [0.29, 0.717) is 0 Å². The van der Waals surface area contributed by atoms with Crippen LogP contribution in [0.2, 0.25) is 0 Å². The first-order valence-corrected chi connectivity index (χ1v) is 8.65. The van der Waals surface area contributed by atoms with Crippen molar-refractivity contribution in [1.29, 1.82) is 0 Å². The van der Waals surface area contributed by atoms with Gasteiger partial charge >= 0.3 is 0 Å². The first-order valence-electron chi connectivity index (χ1n) is 7.10. The third-order valence-electron chi connectivity index (χ3n) is 4.68. The molecule has 2 atom stereocenters. The highest BCUT2D eigenvalue weighted by Crippen LogP contribution is 2.58. The van der Waals surface area contributed by atoms with Crippen LogP contribution in [0.15, 0.2) is 12.3 Å². The average molecular weight is 294 g/mol. The third-order valence-corrected chi connectivity index (χ3v) is 6.50. The molecule has 0 saturated heterocycles. The lowest BCUT2D eigenvalue weighted by molar-refractivity contribution is 0.399. The highest BCUT2D eigenvalue weighted by atomic mass is 32.2. The van der Waals surface area contributed by atoms with Crippen molar-refractivity contribution in [2.45, 2.75) is 42.9 Å². The molecule has 0 spiro atoms. The Labute approximate surface area is 118 Å². The van der Waals surface area contributed by atoms with Crippen molar-refractivity contribution in [3.63, 3.8) is 0 Å². The fraction of sp³-hybridized carbons (Fsp3) is 0.692. The minimum absolute atomic E-state index is 0.153. The Morgan fingerprint density at radius 1 is 1.30 bits per heavy atom. The molecule has 1 aromatic rings. The molecule has 0 aliphatic heterocycles. The normalized spacial score (nSPS) is 35.6. The van der Waals surface area contributed by atoms with Gasteiger partial charge in [-0.3, -0.25) is 4.72 Å². The summed E-state index contributed by atoms with van der Waals surface area (Å²) in [4.78, 5) is 8.36. The van der Waals surface area contributed by atoms with Gasteiger partial charge in [0.25, 0.3) is 0 Å². The van der Waals surface area contributed by atoms with Crippen LogP contribution in [0.25, 0.3) is 0 Å². The topological polar surface area (TPSA) is 98.0 Å². The number of anilines is 1. The summed E-state index contributed by atoms with van der Waals surface area (Å²) in [7, 11) is -3.32. The Kier molecular flexibility index (Phi) is 2.45. The second-order valence-electron chi connectivity index (χ2n) is 6.43. The Hall–Kier alpha value is -1.21. The smallest absolute Gasteiger partial charge is 0.237 e. The van der Waals surface area contributed by atoms with E-state index in [-0.39, 0.29) is 11.2 Å². The van der Waals surface area contributed by atoms with Crippen LogP contribution in [-0.2, 0) is 15.6 Å².